The van der Waals surface area contributed by atoms with Crippen LogP contribution in [0.15, 0.2) is 48.5 Å². The molecule has 7 nitrogen and oxygen atoms in total. The molecule has 148 valence electrons. The standard InChI is InChI=1S/C20H21FN2O5/c1-13(2)22-20(26)23-18(24)12-28-19(25)16-5-3-4-6-17(16)27-11-14-7-9-15(21)10-8-14/h3-10,13H,11-12H2,1-2H3,(H2,22,23,24,26). The summed E-state index contributed by atoms with van der Waals surface area (Å²) in [6, 6.07) is 11.3. The van der Waals surface area contributed by atoms with E-state index in [-0.39, 0.29) is 29.8 Å². The Morgan fingerprint density at radius 2 is 1.71 bits per heavy atom. The number of imide groups is 1. The van der Waals surface area contributed by atoms with Crippen molar-refractivity contribution in [1.82, 2.24) is 10.6 Å². The van der Waals surface area contributed by atoms with Crippen LogP contribution in [0.4, 0.5) is 9.18 Å². The topological polar surface area (TPSA) is 93.7 Å². The van der Waals surface area contributed by atoms with Crippen molar-refractivity contribution in [2.24, 2.45) is 0 Å². The Morgan fingerprint density at radius 3 is 2.39 bits per heavy atom. The van der Waals surface area contributed by atoms with Crippen molar-refractivity contribution >= 4 is 17.9 Å². The molecule has 0 heterocycles. The van der Waals surface area contributed by atoms with Gasteiger partial charge < -0.3 is 14.8 Å². The summed E-state index contributed by atoms with van der Waals surface area (Å²) < 4.78 is 23.5. The molecule has 0 aliphatic carbocycles. The zero-order chi connectivity index (χ0) is 20.5. The first-order valence-electron chi connectivity index (χ1n) is 8.59. The van der Waals surface area contributed by atoms with Crippen LogP contribution in [0.25, 0.3) is 0 Å². The minimum Gasteiger partial charge on any atom is -0.488 e. The van der Waals surface area contributed by atoms with E-state index in [1.54, 1.807) is 44.2 Å². The van der Waals surface area contributed by atoms with Gasteiger partial charge in [-0.05, 0) is 43.7 Å². The number of ether oxygens (including phenoxy) is 2. The molecule has 2 rings (SSSR count). The number of amides is 3. The molecule has 0 radical (unpaired) electrons. The van der Waals surface area contributed by atoms with Gasteiger partial charge in [-0.3, -0.25) is 10.1 Å². The zero-order valence-electron chi connectivity index (χ0n) is 15.5. The van der Waals surface area contributed by atoms with E-state index >= 15 is 0 Å². The molecule has 0 saturated heterocycles. The number of carbonyl (C=O) groups excluding carboxylic acids is 3. The van der Waals surface area contributed by atoms with E-state index in [2.05, 4.69) is 10.6 Å². The Hall–Kier alpha value is -3.42. The van der Waals surface area contributed by atoms with Crippen LogP contribution < -0.4 is 15.4 Å². The molecular weight excluding hydrogens is 367 g/mol. The quantitative estimate of drug-likeness (QED) is 0.712. The van der Waals surface area contributed by atoms with Crippen LogP contribution in [-0.4, -0.2) is 30.6 Å². The lowest BCUT2D eigenvalue weighted by Crippen LogP contribution is -2.44. The highest BCUT2D eigenvalue weighted by atomic mass is 19.1. The highest BCUT2D eigenvalue weighted by molar-refractivity contribution is 5.97. The van der Waals surface area contributed by atoms with Gasteiger partial charge in [0.1, 0.15) is 23.7 Å². The van der Waals surface area contributed by atoms with Crippen molar-refractivity contribution in [3.05, 3.63) is 65.5 Å². The Labute approximate surface area is 161 Å². The second-order valence-corrected chi connectivity index (χ2v) is 6.16. The third kappa shape index (κ3) is 6.71. The second kappa shape index (κ2) is 10.1. The van der Waals surface area contributed by atoms with Crippen LogP contribution in [0.1, 0.15) is 29.8 Å². The predicted molar refractivity (Wildman–Crippen MR) is 99.3 cm³/mol. The Morgan fingerprint density at radius 1 is 1.04 bits per heavy atom. The fraction of sp³-hybridized carbons (Fsp3) is 0.250. The first-order chi connectivity index (χ1) is 13.3. The first kappa shape index (κ1) is 20.9. The summed E-state index contributed by atoms with van der Waals surface area (Å²) >= 11 is 0. The molecule has 0 unspecified atom stereocenters. The number of benzene rings is 2. The smallest absolute Gasteiger partial charge is 0.342 e. The van der Waals surface area contributed by atoms with E-state index < -0.39 is 24.5 Å². The zero-order valence-corrected chi connectivity index (χ0v) is 15.5. The van der Waals surface area contributed by atoms with E-state index in [0.717, 1.165) is 5.56 Å². The van der Waals surface area contributed by atoms with Gasteiger partial charge in [-0.2, -0.15) is 0 Å². The largest absolute Gasteiger partial charge is 0.488 e. The Kier molecular flexibility index (Phi) is 7.50. The van der Waals surface area contributed by atoms with Crippen LogP contribution in [0.5, 0.6) is 5.75 Å². The summed E-state index contributed by atoms with van der Waals surface area (Å²) in [5.74, 6) is -1.62. The molecule has 0 atom stereocenters. The molecule has 0 aliphatic rings. The first-order valence-corrected chi connectivity index (χ1v) is 8.59. The van der Waals surface area contributed by atoms with Gasteiger partial charge >= 0.3 is 12.0 Å². The van der Waals surface area contributed by atoms with Gasteiger partial charge in [-0.15, -0.1) is 0 Å². The normalized spacial score (nSPS) is 10.3. The van der Waals surface area contributed by atoms with Crippen molar-refractivity contribution in [1.29, 1.82) is 0 Å². The van der Waals surface area contributed by atoms with Crippen LogP contribution in [0.2, 0.25) is 0 Å². The number of carbonyl (C=O) groups is 3. The average molecular weight is 388 g/mol. The van der Waals surface area contributed by atoms with E-state index in [4.69, 9.17) is 9.47 Å². The fourth-order valence-corrected chi connectivity index (χ4v) is 2.17. The molecule has 0 aromatic heterocycles. The van der Waals surface area contributed by atoms with Crippen molar-refractivity contribution in [2.45, 2.75) is 26.5 Å². The number of hydrogen-bond acceptors (Lipinski definition) is 5. The van der Waals surface area contributed by atoms with Gasteiger partial charge in [-0.25, -0.2) is 14.0 Å². The number of para-hydroxylation sites is 1. The lowest BCUT2D eigenvalue weighted by atomic mass is 10.2. The highest BCUT2D eigenvalue weighted by Gasteiger charge is 2.16. The SMILES string of the molecule is CC(C)NC(=O)NC(=O)COC(=O)c1ccccc1OCc1ccc(F)cc1. The summed E-state index contributed by atoms with van der Waals surface area (Å²) in [7, 11) is 0. The molecule has 3 amide bonds. The van der Waals surface area contributed by atoms with E-state index in [1.807, 2.05) is 0 Å². The van der Waals surface area contributed by atoms with Gasteiger partial charge in [0.2, 0.25) is 0 Å². The van der Waals surface area contributed by atoms with Gasteiger partial charge in [0.15, 0.2) is 6.61 Å². The molecule has 0 fully saturated rings. The van der Waals surface area contributed by atoms with Gasteiger partial charge in [0.05, 0.1) is 0 Å². The Balaban J connectivity index is 1.91. The molecule has 28 heavy (non-hydrogen) atoms. The second-order valence-electron chi connectivity index (χ2n) is 6.16. The van der Waals surface area contributed by atoms with Crippen LogP contribution >= 0.6 is 0 Å². The van der Waals surface area contributed by atoms with Crippen molar-refractivity contribution in [2.75, 3.05) is 6.61 Å². The molecule has 2 aromatic rings. The summed E-state index contributed by atoms with van der Waals surface area (Å²) in [4.78, 5) is 35.4. The summed E-state index contributed by atoms with van der Waals surface area (Å²) in [6.07, 6.45) is 0. The molecule has 0 saturated carbocycles. The van der Waals surface area contributed by atoms with Gasteiger partial charge in [0, 0.05) is 6.04 Å². The number of nitrogens with one attached hydrogen (secondary N) is 2. The molecule has 0 spiro atoms. The maximum atomic E-state index is 13.0. The number of rotatable bonds is 7. The van der Waals surface area contributed by atoms with E-state index in [1.165, 1.54) is 18.2 Å². The van der Waals surface area contributed by atoms with Crippen LogP contribution in [0, 0.1) is 5.82 Å². The monoisotopic (exact) mass is 388 g/mol. The van der Waals surface area contributed by atoms with Gasteiger partial charge in [-0.1, -0.05) is 24.3 Å². The number of urea groups is 1. The summed E-state index contributed by atoms with van der Waals surface area (Å²) in [6.45, 7) is 3.00. The third-order valence-electron chi connectivity index (χ3n) is 3.42. The maximum Gasteiger partial charge on any atom is 0.342 e. The fourth-order valence-electron chi connectivity index (χ4n) is 2.17. The van der Waals surface area contributed by atoms with E-state index in [0.29, 0.717) is 0 Å². The van der Waals surface area contributed by atoms with Crippen LogP contribution in [0.3, 0.4) is 0 Å². The maximum absolute atomic E-state index is 13.0. The predicted octanol–water partition coefficient (Wildman–Crippen LogP) is 2.80. The van der Waals surface area contributed by atoms with E-state index in [9.17, 15) is 18.8 Å². The lowest BCUT2D eigenvalue weighted by Gasteiger charge is -2.12. The number of halogens is 1. The van der Waals surface area contributed by atoms with Crippen molar-refractivity contribution < 1.29 is 28.2 Å². The molecule has 2 N–H and O–H groups in total. The molecule has 0 aliphatic heterocycles. The number of hydrogen-bond donors (Lipinski definition) is 2. The average Bonchev–Trinajstić information content (AvgIpc) is 2.65. The van der Waals surface area contributed by atoms with Gasteiger partial charge in [0.25, 0.3) is 5.91 Å². The van der Waals surface area contributed by atoms with Crippen LogP contribution in [-0.2, 0) is 16.1 Å². The summed E-state index contributed by atoms with van der Waals surface area (Å²) in [5.41, 5.74) is 0.851. The highest BCUT2D eigenvalue weighted by Crippen LogP contribution is 2.20. The minimum atomic E-state index is -0.769. The molecule has 0 bridgehead atoms. The summed E-state index contributed by atoms with van der Waals surface area (Å²) in [5, 5.41) is 4.54. The Bertz CT molecular complexity index is 837. The molecule has 8 heteroatoms. The van der Waals surface area contributed by atoms with Crippen molar-refractivity contribution in [3.63, 3.8) is 0 Å². The third-order valence-corrected chi connectivity index (χ3v) is 3.42. The minimum absolute atomic E-state index is 0.125. The molecular formula is C20H21FN2O5. The molecule has 2 aromatic carbocycles. The van der Waals surface area contributed by atoms with Crippen molar-refractivity contribution in [3.8, 4) is 5.75 Å². The number of esters is 1. The lowest BCUT2D eigenvalue weighted by molar-refractivity contribution is -0.123.